The maximum absolute atomic E-state index is 11.1. The first-order valence-corrected chi connectivity index (χ1v) is 5.07. The summed E-state index contributed by atoms with van der Waals surface area (Å²) in [5.74, 6) is -0.788. The van der Waals surface area contributed by atoms with Gasteiger partial charge in [0.15, 0.2) is 5.75 Å². The Labute approximate surface area is 102 Å². The molecule has 0 aliphatic heterocycles. The SMILES string of the molecule is Cc1c(Cl)cc(NC(=O)CC#N)c(O)c1Cl. The van der Waals surface area contributed by atoms with Gasteiger partial charge in [0, 0.05) is 5.02 Å². The standard InChI is InChI=1S/C10H8Cl2N2O2/c1-5-6(11)4-7(10(16)9(5)12)14-8(15)2-3-13/h4,16H,2H2,1H3,(H,14,15). The van der Waals surface area contributed by atoms with Crippen LogP contribution in [0.1, 0.15) is 12.0 Å². The number of amides is 1. The van der Waals surface area contributed by atoms with E-state index in [2.05, 4.69) is 5.32 Å². The molecule has 0 atom stereocenters. The van der Waals surface area contributed by atoms with Gasteiger partial charge in [-0.3, -0.25) is 4.79 Å². The zero-order valence-corrected chi connectivity index (χ0v) is 9.85. The number of hydrogen-bond acceptors (Lipinski definition) is 3. The van der Waals surface area contributed by atoms with Crippen molar-refractivity contribution in [3.05, 3.63) is 21.7 Å². The van der Waals surface area contributed by atoms with Crippen LogP contribution in [-0.4, -0.2) is 11.0 Å². The Morgan fingerprint density at radius 1 is 1.62 bits per heavy atom. The highest BCUT2D eigenvalue weighted by atomic mass is 35.5. The zero-order chi connectivity index (χ0) is 12.3. The molecule has 2 N–H and O–H groups in total. The number of hydrogen-bond donors (Lipinski definition) is 2. The minimum absolute atomic E-state index is 0.0831. The fourth-order valence-corrected chi connectivity index (χ4v) is 1.52. The first-order chi connectivity index (χ1) is 7.47. The second-order valence-electron chi connectivity index (χ2n) is 3.08. The van der Waals surface area contributed by atoms with E-state index < -0.39 is 5.91 Å². The lowest BCUT2D eigenvalue weighted by Gasteiger charge is -2.10. The molecule has 16 heavy (non-hydrogen) atoms. The number of phenolic OH excluding ortho intramolecular Hbond substituents is 1. The van der Waals surface area contributed by atoms with E-state index in [-0.39, 0.29) is 22.9 Å². The van der Waals surface area contributed by atoms with Crippen LogP contribution in [0.2, 0.25) is 10.0 Å². The summed E-state index contributed by atoms with van der Waals surface area (Å²) in [4.78, 5) is 11.1. The number of nitrogens with zero attached hydrogens (tertiary/aromatic N) is 1. The minimum Gasteiger partial charge on any atom is -0.504 e. The van der Waals surface area contributed by atoms with Crippen LogP contribution in [0.25, 0.3) is 0 Å². The molecular weight excluding hydrogens is 251 g/mol. The Hall–Kier alpha value is -1.44. The number of rotatable bonds is 2. The molecule has 0 saturated carbocycles. The summed E-state index contributed by atoms with van der Waals surface area (Å²) in [6.07, 6.45) is -0.303. The highest BCUT2D eigenvalue weighted by Crippen LogP contribution is 2.38. The maximum atomic E-state index is 11.1. The lowest BCUT2D eigenvalue weighted by molar-refractivity contribution is -0.115. The molecule has 0 fully saturated rings. The van der Waals surface area contributed by atoms with Gasteiger partial charge >= 0.3 is 0 Å². The zero-order valence-electron chi connectivity index (χ0n) is 8.34. The van der Waals surface area contributed by atoms with E-state index in [9.17, 15) is 9.90 Å². The predicted octanol–water partition coefficient (Wildman–Crippen LogP) is 2.86. The van der Waals surface area contributed by atoms with Gasteiger partial charge in [0.2, 0.25) is 5.91 Å². The largest absolute Gasteiger partial charge is 0.504 e. The van der Waals surface area contributed by atoms with Crippen LogP contribution in [0.15, 0.2) is 6.07 Å². The van der Waals surface area contributed by atoms with Gasteiger partial charge < -0.3 is 10.4 Å². The highest BCUT2D eigenvalue weighted by molar-refractivity contribution is 6.37. The van der Waals surface area contributed by atoms with Crippen LogP contribution in [0, 0.1) is 18.3 Å². The first-order valence-electron chi connectivity index (χ1n) is 4.31. The van der Waals surface area contributed by atoms with Crippen LogP contribution < -0.4 is 5.32 Å². The second kappa shape index (κ2) is 5.06. The second-order valence-corrected chi connectivity index (χ2v) is 3.86. The molecular formula is C10H8Cl2N2O2. The van der Waals surface area contributed by atoms with Gasteiger partial charge in [-0.05, 0) is 18.6 Å². The molecule has 0 spiro atoms. The monoisotopic (exact) mass is 258 g/mol. The van der Waals surface area contributed by atoms with E-state index in [1.807, 2.05) is 0 Å². The summed E-state index contributed by atoms with van der Waals surface area (Å²) in [5, 5.41) is 20.7. The van der Waals surface area contributed by atoms with E-state index in [0.29, 0.717) is 10.6 Å². The normalized spacial score (nSPS) is 9.62. The fourth-order valence-electron chi connectivity index (χ4n) is 1.07. The van der Waals surface area contributed by atoms with E-state index in [1.54, 1.807) is 13.0 Å². The summed E-state index contributed by atoms with van der Waals surface area (Å²) in [6.45, 7) is 1.64. The van der Waals surface area contributed by atoms with Gasteiger partial charge in [-0.15, -0.1) is 0 Å². The van der Waals surface area contributed by atoms with Crippen molar-refractivity contribution in [3.63, 3.8) is 0 Å². The number of benzene rings is 1. The smallest absolute Gasteiger partial charge is 0.238 e. The van der Waals surface area contributed by atoms with Crippen molar-refractivity contribution >= 4 is 34.8 Å². The minimum atomic E-state index is -0.534. The molecule has 84 valence electrons. The Bertz CT molecular complexity index is 481. The summed E-state index contributed by atoms with van der Waals surface area (Å²) >= 11 is 11.6. The molecule has 1 rings (SSSR count). The number of aromatic hydroxyl groups is 1. The Morgan fingerprint density at radius 2 is 2.25 bits per heavy atom. The molecule has 0 aliphatic carbocycles. The van der Waals surface area contributed by atoms with E-state index in [1.165, 1.54) is 6.07 Å². The Morgan fingerprint density at radius 3 is 2.81 bits per heavy atom. The van der Waals surface area contributed by atoms with Crippen molar-refractivity contribution in [2.24, 2.45) is 0 Å². The van der Waals surface area contributed by atoms with Gasteiger partial charge in [-0.1, -0.05) is 23.2 Å². The summed E-state index contributed by atoms with van der Waals surface area (Å²) in [5.41, 5.74) is 0.625. The summed E-state index contributed by atoms with van der Waals surface area (Å²) in [6, 6.07) is 3.07. The van der Waals surface area contributed by atoms with Crippen molar-refractivity contribution in [1.29, 1.82) is 5.26 Å². The Kier molecular flexibility index (Phi) is 3.99. The third-order valence-corrected chi connectivity index (χ3v) is 2.79. The van der Waals surface area contributed by atoms with Crippen LogP contribution in [-0.2, 0) is 4.79 Å². The van der Waals surface area contributed by atoms with Crippen LogP contribution in [0.4, 0.5) is 5.69 Å². The first kappa shape index (κ1) is 12.6. The number of nitriles is 1. The number of halogens is 2. The van der Waals surface area contributed by atoms with Crippen LogP contribution in [0.3, 0.4) is 0 Å². The van der Waals surface area contributed by atoms with E-state index in [4.69, 9.17) is 28.5 Å². The van der Waals surface area contributed by atoms with Gasteiger partial charge in [-0.2, -0.15) is 5.26 Å². The van der Waals surface area contributed by atoms with Crippen molar-refractivity contribution < 1.29 is 9.90 Å². The third kappa shape index (κ3) is 2.57. The molecule has 0 aromatic heterocycles. The van der Waals surface area contributed by atoms with Crippen molar-refractivity contribution in [3.8, 4) is 11.8 Å². The van der Waals surface area contributed by atoms with Gasteiger partial charge in [-0.25, -0.2) is 0 Å². The van der Waals surface area contributed by atoms with Gasteiger partial charge in [0.25, 0.3) is 0 Å². The predicted molar refractivity (Wildman–Crippen MR) is 61.7 cm³/mol. The quantitative estimate of drug-likeness (QED) is 0.802. The third-order valence-electron chi connectivity index (χ3n) is 1.94. The highest BCUT2D eigenvalue weighted by Gasteiger charge is 2.14. The van der Waals surface area contributed by atoms with Crippen molar-refractivity contribution in [2.75, 3.05) is 5.32 Å². The maximum Gasteiger partial charge on any atom is 0.238 e. The van der Waals surface area contributed by atoms with Crippen molar-refractivity contribution in [1.82, 2.24) is 0 Å². The molecule has 1 aromatic rings. The van der Waals surface area contributed by atoms with E-state index in [0.717, 1.165) is 0 Å². The molecule has 0 bridgehead atoms. The topological polar surface area (TPSA) is 73.1 Å². The molecule has 0 heterocycles. The average molecular weight is 259 g/mol. The number of carbonyl (C=O) groups is 1. The molecule has 6 heteroatoms. The molecule has 4 nitrogen and oxygen atoms in total. The van der Waals surface area contributed by atoms with Crippen LogP contribution >= 0.6 is 23.2 Å². The van der Waals surface area contributed by atoms with Gasteiger partial charge in [0.1, 0.15) is 6.42 Å². The molecule has 0 radical (unpaired) electrons. The van der Waals surface area contributed by atoms with Crippen LogP contribution in [0.5, 0.6) is 5.75 Å². The lowest BCUT2D eigenvalue weighted by Crippen LogP contribution is -2.10. The van der Waals surface area contributed by atoms with Crippen molar-refractivity contribution in [2.45, 2.75) is 13.3 Å². The number of nitrogens with one attached hydrogen (secondary N) is 1. The molecule has 1 amide bonds. The number of carbonyl (C=O) groups excluding carboxylic acids is 1. The summed E-state index contributed by atoms with van der Waals surface area (Å²) in [7, 11) is 0. The fraction of sp³-hybridized carbons (Fsp3) is 0.200. The lowest BCUT2D eigenvalue weighted by atomic mass is 10.2. The number of phenols is 1. The molecule has 0 saturated heterocycles. The molecule has 0 aliphatic rings. The van der Waals surface area contributed by atoms with E-state index >= 15 is 0 Å². The van der Waals surface area contributed by atoms with Gasteiger partial charge in [0.05, 0.1) is 16.8 Å². The molecule has 0 unspecified atom stereocenters. The Balaban J connectivity index is 3.07. The summed E-state index contributed by atoms with van der Waals surface area (Å²) < 4.78 is 0. The number of anilines is 1. The molecule has 1 aromatic carbocycles. The average Bonchev–Trinajstić information content (AvgIpc) is 2.23.